The van der Waals surface area contributed by atoms with Crippen molar-refractivity contribution in [3.63, 3.8) is 0 Å². The molecule has 0 amide bonds. The molecule has 0 atom stereocenters. The van der Waals surface area contributed by atoms with Crippen molar-refractivity contribution in [2.45, 2.75) is 32.2 Å². The maximum atomic E-state index is 5.35. The van der Waals surface area contributed by atoms with Crippen molar-refractivity contribution in [2.24, 2.45) is 0 Å². The molecule has 3 nitrogen and oxygen atoms in total. The topological polar surface area (TPSA) is 33.3 Å². The average molecular weight is 311 g/mol. The molecule has 0 aromatic heterocycles. The molecule has 0 saturated carbocycles. The minimum Gasteiger partial charge on any atom is -0.496 e. The van der Waals surface area contributed by atoms with Crippen LogP contribution in [0.2, 0.25) is 0 Å². The van der Waals surface area contributed by atoms with Crippen LogP contribution < -0.4 is 15.4 Å². The van der Waals surface area contributed by atoms with E-state index in [9.17, 15) is 0 Å². The highest BCUT2D eigenvalue weighted by Gasteiger charge is 2.00. The van der Waals surface area contributed by atoms with Crippen molar-refractivity contribution in [2.75, 3.05) is 38.8 Å². The molecule has 0 aliphatic rings. The molecule has 1 rings (SSSR count). The highest BCUT2D eigenvalue weighted by molar-refractivity contribution is 7.98. The second kappa shape index (κ2) is 13.0. The molecule has 0 spiro atoms. The third-order valence-electron chi connectivity index (χ3n) is 3.45. The highest BCUT2D eigenvalue weighted by Crippen LogP contribution is 2.16. The van der Waals surface area contributed by atoms with Crippen LogP contribution in [0.15, 0.2) is 24.3 Å². The Labute approximate surface area is 134 Å². The fourth-order valence-corrected chi connectivity index (χ4v) is 2.57. The molecule has 21 heavy (non-hydrogen) atoms. The molecule has 0 aliphatic heterocycles. The van der Waals surface area contributed by atoms with Crippen LogP contribution in [0.5, 0.6) is 5.75 Å². The normalized spacial score (nSPS) is 10.8. The van der Waals surface area contributed by atoms with Crippen LogP contribution in [0.25, 0.3) is 0 Å². The van der Waals surface area contributed by atoms with Gasteiger partial charge in [-0.3, -0.25) is 0 Å². The molecule has 0 unspecified atom stereocenters. The predicted octanol–water partition coefficient (Wildman–Crippen LogP) is 3.30. The van der Waals surface area contributed by atoms with Gasteiger partial charge in [-0.05, 0) is 38.3 Å². The van der Waals surface area contributed by atoms with Crippen LogP contribution in [0.1, 0.15) is 31.2 Å². The van der Waals surface area contributed by atoms with Crippen LogP contribution in [0, 0.1) is 0 Å². The number of rotatable bonds is 13. The minimum atomic E-state index is 0.889. The van der Waals surface area contributed by atoms with E-state index in [2.05, 4.69) is 29.0 Å². The van der Waals surface area contributed by atoms with Gasteiger partial charge >= 0.3 is 0 Å². The molecule has 0 saturated heterocycles. The Morgan fingerprint density at radius 3 is 2.38 bits per heavy atom. The Balaban J connectivity index is 1.93. The Kier molecular flexibility index (Phi) is 11.3. The zero-order valence-electron chi connectivity index (χ0n) is 13.5. The molecule has 1 aromatic carbocycles. The summed E-state index contributed by atoms with van der Waals surface area (Å²) < 4.78 is 5.35. The van der Waals surface area contributed by atoms with Crippen molar-refractivity contribution >= 4 is 11.8 Å². The number of methoxy groups -OCH3 is 1. The summed E-state index contributed by atoms with van der Waals surface area (Å²) in [6.07, 6.45) is 7.33. The second-order valence-electron chi connectivity index (χ2n) is 5.15. The molecule has 0 fully saturated rings. The molecule has 0 bridgehead atoms. The number of hydrogen-bond acceptors (Lipinski definition) is 4. The molecular formula is C17H30N2OS. The van der Waals surface area contributed by atoms with Gasteiger partial charge in [0.25, 0.3) is 0 Å². The Hall–Kier alpha value is -0.710. The summed E-state index contributed by atoms with van der Waals surface area (Å²) in [7, 11) is 1.73. The average Bonchev–Trinajstić information content (AvgIpc) is 2.53. The van der Waals surface area contributed by atoms with E-state index < -0.39 is 0 Å². The number of para-hydroxylation sites is 1. The number of unbranched alkanes of at least 4 members (excludes halogenated alkanes) is 3. The van der Waals surface area contributed by atoms with Gasteiger partial charge in [-0.25, -0.2) is 0 Å². The highest BCUT2D eigenvalue weighted by atomic mass is 32.2. The lowest BCUT2D eigenvalue weighted by molar-refractivity contribution is 0.407. The summed E-state index contributed by atoms with van der Waals surface area (Å²) in [5.74, 6) is 2.19. The first-order valence-corrected chi connectivity index (χ1v) is 9.30. The summed E-state index contributed by atoms with van der Waals surface area (Å²) in [4.78, 5) is 0. The Morgan fingerprint density at radius 1 is 0.952 bits per heavy atom. The van der Waals surface area contributed by atoms with Crippen LogP contribution in [0.4, 0.5) is 0 Å². The first-order valence-electron chi connectivity index (χ1n) is 7.90. The van der Waals surface area contributed by atoms with Crippen LogP contribution >= 0.6 is 11.8 Å². The van der Waals surface area contributed by atoms with Crippen molar-refractivity contribution in [3.8, 4) is 5.75 Å². The zero-order chi connectivity index (χ0) is 15.2. The molecule has 1 aromatic rings. The molecule has 120 valence electrons. The first-order chi connectivity index (χ1) is 10.4. The van der Waals surface area contributed by atoms with Crippen LogP contribution in [-0.4, -0.2) is 38.8 Å². The van der Waals surface area contributed by atoms with E-state index in [0.717, 1.165) is 31.9 Å². The van der Waals surface area contributed by atoms with Gasteiger partial charge in [0.05, 0.1) is 7.11 Å². The summed E-state index contributed by atoms with van der Waals surface area (Å²) in [6, 6.07) is 8.20. The summed E-state index contributed by atoms with van der Waals surface area (Å²) in [5.41, 5.74) is 1.23. The molecule has 0 aliphatic carbocycles. The van der Waals surface area contributed by atoms with Gasteiger partial charge in [-0.15, -0.1) is 0 Å². The third-order valence-corrected chi connectivity index (χ3v) is 4.06. The van der Waals surface area contributed by atoms with Crippen molar-refractivity contribution in [3.05, 3.63) is 29.8 Å². The van der Waals surface area contributed by atoms with E-state index in [1.54, 1.807) is 7.11 Å². The number of ether oxygens (including phenoxy) is 1. The maximum absolute atomic E-state index is 5.35. The molecule has 0 radical (unpaired) electrons. The first kappa shape index (κ1) is 18.3. The maximum Gasteiger partial charge on any atom is 0.123 e. The monoisotopic (exact) mass is 310 g/mol. The van der Waals surface area contributed by atoms with E-state index in [0.29, 0.717) is 0 Å². The van der Waals surface area contributed by atoms with Gasteiger partial charge in [-0.1, -0.05) is 31.0 Å². The van der Waals surface area contributed by atoms with E-state index in [-0.39, 0.29) is 0 Å². The van der Waals surface area contributed by atoms with Gasteiger partial charge in [0.2, 0.25) is 0 Å². The minimum absolute atomic E-state index is 0.889. The Bertz CT molecular complexity index is 360. The fraction of sp³-hybridized carbons (Fsp3) is 0.647. The Morgan fingerprint density at radius 2 is 1.67 bits per heavy atom. The van der Waals surface area contributed by atoms with Gasteiger partial charge in [0, 0.05) is 24.4 Å². The number of thioether (sulfide) groups is 1. The predicted molar refractivity (Wildman–Crippen MR) is 94.4 cm³/mol. The lowest BCUT2D eigenvalue weighted by atomic mass is 10.1. The molecule has 4 heteroatoms. The second-order valence-corrected chi connectivity index (χ2v) is 6.13. The molecule has 2 N–H and O–H groups in total. The third kappa shape index (κ3) is 9.02. The fourth-order valence-electron chi connectivity index (χ4n) is 2.22. The van der Waals surface area contributed by atoms with Gasteiger partial charge in [0.1, 0.15) is 5.75 Å². The van der Waals surface area contributed by atoms with E-state index in [4.69, 9.17) is 4.74 Å². The van der Waals surface area contributed by atoms with Crippen molar-refractivity contribution in [1.82, 2.24) is 10.6 Å². The SMILES string of the molecule is COc1ccccc1CNCCCCCCNCCSC. The number of nitrogens with one attached hydrogen (secondary N) is 2. The van der Waals surface area contributed by atoms with E-state index in [1.165, 1.54) is 37.0 Å². The van der Waals surface area contributed by atoms with Crippen LogP contribution in [0.3, 0.4) is 0 Å². The number of benzene rings is 1. The van der Waals surface area contributed by atoms with E-state index in [1.807, 2.05) is 23.9 Å². The largest absolute Gasteiger partial charge is 0.496 e. The van der Waals surface area contributed by atoms with Gasteiger partial charge in [-0.2, -0.15) is 11.8 Å². The van der Waals surface area contributed by atoms with Crippen molar-refractivity contribution < 1.29 is 4.74 Å². The molecular weight excluding hydrogens is 280 g/mol. The summed E-state index contributed by atoms with van der Waals surface area (Å²) in [6.45, 7) is 4.27. The number of hydrogen-bond donors (Lipinski definition) is 2. The quantitative estimate of drug-likeness (QED) is 0.548. The molecule has 0 heterocycles. The summed E-state index contributed by atoms with van der Waals surface area (Å²) >= 11 is 1.90. The van der Waals surface area contributed by atoms with E-state index >= 15 is 0 Å². The van der Waals surface area contributed by atoms with Gasteiger partial charge < -0.3 is 15.4 Å². The summed E-state index contributed by atoms with van der Waals surface area (Å²) in [5, 5.41) is 6.97. The van der Waals surface area contributed by atoms with Crippen molar-refractivity contribution in [1.29, 1.82) is 0 Å². The lowest BCUT2D eigenvalue weighted by Gasteiger charge is -2.09. The zero-order valence-corrected chi connectivity index (χ0v) is 14.3. The van der Waals surface area contributed by atoms with Crippen LogP contribution in [-0.2, 0) is 6.54 Å². The van der Waals surface area contributed by atoms with Gasteiger partial charge in [0.15, 0.2) is 0 Å². The standard InChI is InChI=1S/C17H30N2OS/c1-20-17-10-6-5-9-16(17)15-19-12-8-4-3-7-11-18-13-14-21-2/h5-6,9-10,18-19H,3-4,7-8,11-15H2,1-2H3. The smallest absolute Gasteiger partial charge is 0.123 e. The lowest BCUT2D eigenvalue weighted by Crippen LogP contribution is -2.18.